The summed E-state index contributed by atoms with van der Waals surface area (Å²) in [4.78, 5) is 23.5. The zero-order chi connectivity index (χ0) is 18.2. The van der Waals surface area contributed by atoms with Gasteiger partial charge in [0.15, 0.2) is 0 Å². The van der Waals surface area contributed by atoms with Crippen LogP contribution < -0.4 is 10.1 Å². The van der Waals surface area contributed by atoms with Gasteiger partial charge in [-0.05, 0) is 42.0 Å². The Kier molecular flexibility index (Phi) is 6.84. The number of aliphatic carboxylic acids is 1. The van der Waals surface area contributed by atoms with E-state index in [0.717, 1.165) is 10.4 Å². The summed E-state index contributed by atoms with van der Waals surface area (Å²) in [5.41, 5.74) is 0.774. The number of carboxylic acid groups (broad SMARTS) is 1. The molecule has 1 aromatic heterocycles. The molecule has 0 aliphatic heterocycles. The van der Waals surface area contributed by atoms with E-state index in [-0.39, 0.29) is 24.8 Å². The molecule has 0 saturated heterocycles. The van der Waals surface area contributed by atoms with E-state index in [1.165, 1.54) is 23.5 Å². The molecule has 9 heteroatoms. The van der Waals surface area contributed by atoms with Gasteiger partial charge in [0.1, 0.15) is 12.4 Å². The molecule has 0 spiro atoms. The van der Waals surface area contributed by atoms with Crippen molar-refractivity contribution in [2.75, 3.05) is 19.8 Å². The second-order valence-corrected chi connectivity index (χ2v) is 5.85. The first-order chi connectivity index (χ1) is 12.0. The first kappa shape index (κ1) is 18.8. The fraction of sp³-hybridized carbons (Fsp3) is 0.250. The third-order valence-corrected chi connectivity index (χ3v) is 4.08. The van der Waals surface area contributed by atoms with Crippen molar-refractivity contribution in [2.24, 2.45) is 0 Å². The maximum atomic E-state index is 12.1. The third kappa shape index (κ3) is 6.12. The van der Waals surface area contributed by atoms with Crippen molar-refractivity contribution in [3.63, 3.8) is 0 Å². The Morgan fingerprint density at radius 2 is 1.88 bits per heavy atom. The highest BCUT2D eigenvalue weighted by molar-refractivity contribution is 7.17. The van der Waals surface area contributed by atoms with Crippen LogP contribution in [0.4, 0.5) is 8.78 Å². The minimum absolute atomic E-state index is 0.0645. The SMILES string of the molecule is O=C(O)COCCNC(=O)c1ccc(-c2ccc(OC(F)F)cc2)s1. The lowest BCUT2D eigenvalue weighted by Crippen LogP contribution is -2.27. The minimum atomic E-state index is -2.87. The van der Waals surface area contributed by atoms with Crippen LogP contribution in [0.5, 0.6) is 5.75 Å². The summed E-state index contributed by atoms with van der Waals surface area (Å²) < 4.78 is 33.3. The van der Waals surface area contributed by atoms with Crippen LogP contribution in [0.3, 0.4) is 0 Å². The molecule has 134 valence electrons. The zero-order valence-corrected chi connectivity index (χ0v) is 13.7. The molecule has 0 aliphatic carbocycles. The highest BCUT2D eigenvalue weighted by atomic mass is 32.1. The van der Waals surface area contributed by atoms with E-state index in [9.17, 15) is 18.4 Å². The van der Waals surface area contributed by atoms with Crippen LogP contribution in [0.2, 0.25) is 0 Å². The molecule has 0 atom stereocenters. The fourth-order valence-corrected chi connectivity index (χ4v) is 2.83. The Balaban J connectivity index is 1.88. The van der Waals surface area contributed by atoms with Crippen molar-refractivity contribution >= 4 is 23.2 Å². The molecule has 1 amide bonds. The lowest BCUT2D eigenvalue weighted by Gasteiger charge is -2.05. The largest absolute Gasteiger partial charge is 0.480 e. The summed E-state index contributed by atoms with van der Waals surface area (Å²) in [6, 6.07) is 9.53. The molecule has 0 unspecified atom stereocenters. The molecule has 6 nitrogen and oxygen atoms in total. The topological polar surface area (TPSA) is 84.9 Å². The van der Waals surface area contributed by atoms with Crippen LogP contribution in [0.25, 0.3) is 10.4 Å². The third-order valence-electron chi connectivity index (χ3n) is 2.95. The first-order valence-corrected chi connectivity index (χ1v) is 8.00. The Morgan fingerprint density at radius 3 is 2.52 bits per heavy atom. The van der Waals surface area contributed by atoms with E-state index in [1.54, 1.807) is 24.3 Å². The predicted molar refractivity (Wildman–Crippen MR) is 87.2 cm³/mol. The van der Waals surface area contributed by atoms with Gasteiger partial charge in [0.05, 0.1) is 11.5 Å². The number of hydrogen-bond donors (Lipinski definition) is 2. The van der Waals surface area contributed by atoms with Crippen LogP contribution in [-0.4, -0.2) is 43.4 Å². The van der Waals surface area contributed by atoms with E-state index in [0.29, 0.717) is 4.88 Å². The first-order valence-electron chi connectivity index (χ1n) is 7.18. The summed E-state index contributed by atoms with van der Waals surface area (Å²) >= 11 is 1.25. The van der Waals surface area contributed by atoms with Gasteiger partial charge in [0.25, 0.3) is 5.91 Å². The summed E-state index contributed by atoms with van der Waals surface area (Å²) in [5.74, 6) is -1.30. The lowest BCUT2D eigenvalue weighted by molar-refractivity contribution is -0.142. The Morgan fingerprint density at radius 1 is 1.16 bits per heavy atom. The molecule has 1 aromatic carbocycles. The maximum absolute atomic E-state index is 12.1. The highest BCUT2D eigenvalue weighted by Crippen LogP contribution is 2.29. The smallest absolute Gasteiger partial charge is 0.387 e. The molecule has 1 heterocycles. The number of carbonyl (C=O) groups is 2. The van der Waals surface area contributed by atoms with Crippen LogP contribution >= 0.6 is 11.3 Å². The molecule has 2 N–H and O–H groups in total. The van der Waals surface area contributed by atoms with Gasteiger partial charge < -0.3 is 19.9 Å². The quantitative estimate of drug-likeness (QED) is 0.662. The molecule has 0 radical (unpaired) electrons. The van der Waals surface area contributed by atoms with Crippen LogP contribution in [0.1, 0.15) is 9.67 Å². The van der Waals surface area contributed by atoms with Crippen molar-refractivity contribution in [1.82, 2.24) is 5.32 Å². The monoisotopic (exact) mass is 371 g/mol. The number of hydrogen-bond acceptors (Lipinski definition) is 5. The Bertz CT molecular complexity index is 718. The van der Waals surface area contributed by atoms with Gasteiger partial charge in [0, 0.05) is 11.4 Å². The van der Waals surface area contributed by atoms with Gasteiger partial charge in [-0.3, -0.25) is 4.79 Å². The second kappa shape index (κ2) is 9.09. The van der Waals surface area contributed by atoms with Gasteiger partial charge in [-0.1, -0.05) is 0 Å². The Hall–Kier alpha value is -2.52. The van der Waals surface area contributed by atoms with Crippen molar-refractivity contribution < 1.29 is 33.0 Å². The van der Waals surface area contributed by atoms with Crippen LogP contribution in [-0.2, 0) is 9.53 Å². The normalized spacial score (nSPS) is 10.7. The number of alkyl halides is 2. The number of rotatable bonds is 9. The van der Waals surface area contributed by atoms with Gasteiger partial charge in [-0.25, -0.2) is 4.79 Å². The molecule has 2 rings (SSSR count). The van der Waals surface area contributed by atoms with Crippen molar-refractivity contribution in [2.45, 2.75) is 6.61 Å². The van der Waals surface area contributed by atoms with Crippen molar-refractivity contribution in [3.05, 3.63) is 41.3 Å². The summed E-state index contributed by atoms with van der Waals surface area (Å²) in [7, 11) is 0. The number of halogens is 2. The summed E-state index contributed by atoms with van der Waals surface area (Å²) in [6.45, 7) is -2.99. The fourth-order valence-electron chi connectivity index (χ4n) is 1.90. The number of ether oxygens (including phenoxy) is 2. The minimum Gasteiger partial charge on any atom is -0.480 e. The number of nitrogens with one attached hydrogen (secondary N) is 1. The van der Waals surface area contributed by atoms with E-state index >= 15 is 0 Å². The standard InChI is InChI=1S/C16H15F2NO5S/c17-16(18)24-11-3-1-10(2-4-11)12-5-6-13(25-12)15(22)19-7-8-23-9-14(20)21/h1-6,16H,7-9H2,(H,19,22)(H,20,21). The van der Waals surface area contributed by atoms with Crippen LogP contribution in [0.15, 0.2) is 36.4 Å². The van der Waals surface area contributed by atoms with E-state index in [1.807, 2.05) is 0 Å². The second-order valence-electron chi connectivity index (χ2n) is 4.77. The molecule has 0 bridgehead atoms. The number of benzene rings is 1. The predicted octanol–water partition coefficient (Wildman–Crippen LogP) is 2.85. The van der Waals surface area contributed by atoms with Gasteiger partial charge >= 0.3 is 12.6 Å². The van der Waals surface area contributed by atoms with E-state index in [2.05, 4.69) is 10.1 Å². The number of amides is 1. The summed E-state index contributed by atoms with van der Waals surface area (Å²) in [5, 5.41) is 11.0. The molecule has 25 heavy (non-hydrogen) atoms. The van der Waals surface area contributed by atoms with Crippen molar-refractivity contribution in [3.8, 4) is 16.2 Å². The summed E-state index contributed by atoms with van der Waals surface area (Å²) in [6.07, 6.45) is 0. The van der Waals surface area contributed by atoms with Gasteiger partial charge in [-0.2, -0.15) is 8.78 Å². The molecule has 0 saturated carbocycles. The highest BCUT2D eigenvalue weighted by Gasteiger charge is 2.11. The van der Waals surface area contributed by atoms with E-state index < -0.39 is 19.2 Å². The molecular formula is C16H15F2NO5S. The molecule has 0 fully saturated rings. The van der Waals surface area contributed by atoms with Crippen LogP contribution in [0, 0.1) is 0 Å². The lowest BCUT2D eigenvalue weighted by atomic mass is 10.2. The van der Waals surface area contributed by atoms with Gasteiger partial charge in [0.2, 0.25) is 0 Å². The molecule has 0 aliphatic rings. The number of carbonyl (C=O) groups excluding carboxylic acids is 1. The molecule has 2 aromatic rings. The van der Waals surface area contributed by atoms with E-state index in [4.69, 9.17) is 9.84 Å². The number of carboxylic acids is 1. The molecular weight excluding hydrogens is 356 g/mol. The maximum Gasteiger partial charge on any atom is 0.387 e. The average molecular weight is 371 g/mol. The zero-order valence-electron chi connectivity index (χ0n) is 12.9. The van der Waals surface area contributed by atoms with Gasteiger partial charge in [-0.15, -0.1) is 11.3 Å². The Labute approximate surface area is 146 Å². The number of thiophene rings is 1. The average Bonchev–Trinajstić information content (AvgIpc) is 3.04. The van der Waals surface area contributed by atoms with Crippen molar-refractivity contribution in [1.29, 1.82) is 0 Å².